The standard InChI is InChI=1S/C55H34/c1-3-18-44(19-4-1)55(45-20-5-2-6-21-45)50-33-41-15-10-9-14-40(41)31-49(50)54-48(42-25-22-35-12-7-8-13-39(35)30-42)32-43(34-51(54)55)46-28-26-38-24-23-36-16-11-17-37-27-29-47(46)53(38)52(36)37/h1-34H. The molecule has 12 rings (SSSR count). The van der Waals surface area contributed by atoms with Crippen LogP contribution in [0.2, 0.25) is 0 Å². The zero-order chi connectivity index (χ0) is 36.1. The predicted octanol–water partition coefficient (Wildman–Crippen LogP) is 14.6. The lowest BCUT2D eigenvalue weighted by atomic mass is 9.67. The summed E-state index contributed by atoms with van der Waals surface area (Å²) in [7, 11) is 0. The summed E-state index contributed by atoms with van der Waals surface area (Å²) < 4.78 is 0. The van der Waals surface area contributed by atoms with Crippen LogP contribution in [0.4, 0.5) is 0 Å². The van der Waals surface area contributed by atoms with Gasteiger partial charge in [-0.05, 0) is 140 Å². The van der Waals surface area contributed by atoms with E-state index in [0.717, 1.165) is 0 Å². The van der Waals surface area contributed by atoms with Crippen LogP contribution in [-0.2, 0) is 5.41 Å². The van der Waals surface area contributed by atoms with Crippen LogP contribution in [0.15, 0.2) is 206 Å². The highest BCUT2D eigenvalue weighted by Gasteiger charge is 2.47. The van der Waals surface area contributed by atoms with E-state index in [-0.39, 0.29) is 0 Å². The first-order valence-corrected chi connectivity index (χ1v) is 19.2. The maximum atomic E-state index is 2.54. The lowest BCUT2D eigenvalue weighted by Gasteiger charge is -2.34. The molecular formula is C55H34. The van der Waals surface area contributed by atoms with E-state index in [9.17, 15) is 0 Å². The van der Waals surface area contributed by atoms with Crippen molar-refractivity contribution in [3.8, 4) is 33.4 Å². The maximum absolute atomic E-state index is 2.54. The molecule has 0 saturated carbocycles. The first-order valence-electron chi connectivity index (χ1n) is 19.2. The van der Waals surface area contributed by atoms with Gasteiger partial charge in [-0.2, -0.15) is 0 Å². The molecule has 11 aromatic carbocycles. The van der Waals surface area contributed by atoms with Gasteiger partial charge in [-0.3, -0.25) is 0 Å². The quantitative estimate of drug-likeness (QED) is 0.161. The van der Waals surface area contributed by atoms with Crippen LogP contribution in [0.1, 0.15) is 22.3 Å². The van der Waals surface area contributed by atoms with E-state index in [1.54, 1.807) is 0 Å². The first-order chi connectivity index (χ1) is 27.3. The Morgan fingerprint density at radius 2 is 0.818 bits per heavy atom. The molecular weight excluding hydrogens is 661 g/mol. The van der Waals surface area contributed by atoms with Gasteiger partial charge in [0.1, 0.15) is 0 Å². The van der Waals surface area contributed by atoms with Gasteiger partial charge in [-0.25, -0.2) is 0 Å². The van der Waals surface area contributed by atoms with Crippen LogP contribution in [0, 0.1) is 0 Å². The molecule has 55 heavy (non-hydrogen) atoms. The smallest absolute Gasteiger partial charge is 0.0622 e. The third-order valence-electron chi connectivity index (χ3n) is 12.4. The van der Waals surface area contributed by atoms with Gasteiger partial charge < -0.3 is 0 Å². The molecule has 11 aromatic rings. The van der Waals surface area contributed by atoms with Crippen LogP contribution in [0.3, 0.4) is 0 Å². The van der Waals surface area contributed by atoms with Gasteiger partial charge in [0.05, 0.1) is 5.41 Å². The summed E-state index contributed by atoms with van der Waals surface area (Å²) in [6, 6.07) is 77.5. The first kappa shape index (κ1) is 30.4. The van der Waals surface area contributed by atoms with Crippen LogP contribution in [0.25, 0.3) is 87.2 Å². The van der Waals surface area contributed by atoms with Gasteiger partial charge >= 0.3 is 0 Å². The molecule has 0 spiro atoms. The maximum Gasteiger partial charge on any atom is 0.0714 e. The van der Waals surface area contributed by atoms with Crippen molar-refractivity contribution in [2.75, 3.05) is 0 Å². The molecule has 1 aliphatic carbocycles. The molecule has 0 N–H and O–H groups in total. The molecule has 1 aliphatic rings. The second kappa shape index (κ2) is 11.5. The van der Waals surface area contributed by atoms with Crippen LogP contribution in [-0.4, -0.2) is 0 Å². The molecule has 0 aliphatic heterocycles. The highest BCUT2D eigenvalue weighted by atomic mass is 14.5. The Morgan fingerprint density at radius 3 is 1.53 bits per heavy atom. The Bertz CT molecular complexity index is 3240. The minimum Gasteiger partial charge on any atom is -0.0622 e. The van der Waals surface area contributed by atoms with Gasteiger partial charge in [0.15, 0.2) is 0 Å². The largest absolute Gasteiger partial charge is 0.0714 e. The molecule has 0 heterocycles. The summed E-state index contributed by atoms with van der Waals surface area (Å²) >= 11 is 0. The summed E-state index contributed by atoms with van der Waals surface area (Å²) in [5.41, 5.74) is 12.2. The number of hydrogen-bond donors (Lipinski definition) is 0. The van der Waals surface area contributed by atoms with Crippen LogP contribution < -0.4 is 0 Å². The zero-order valence-corrected chi connectivity index (χ0v) is 30.1. The number of rotatable bonds is 4. The minimum atomic E-state index is -0.553. The van der Waals surface area contributed by atoms with Crippen LogP contribution in [0.5, 0.6) is 0 Å². The topological polar surface area (TPSA) is 0 Å². The highest BCUT2D eigenvalue weighted by molar-refractivity contribution is 6.25. The molecule has 0 unspecified atom stereocenters. The van der Waals surface area contributed by atoms with E-state index in [4.69, 9.17) is 0 Å². The molecule has 0 fully saturated rings. The summed E-state index contributed by atoms with van der Waals surface area (Å²) in [5, 5.41) is 12.8. The molecule has 0 radical (unpaired) electrons. The summed E-state index contributed by atoms with van der Waals surface area (Å²) in [6.45, 7) is 0. The normalized spacial score (nSPS) is 13.2. The van der Waals surface area contributed by atoms with Crippen molar-refractivity contribution in [3.63, 3.8) is 0 Å². The van der Waals surface area contributed by atoms with Crippen molar-refractivity contribution < 1.29 is 0 Å². The molecule has 0 nitrogen and oxygen atoms in total. The fourth-order valence-electron chi connectivity index (χ4n) is 10.0. The summed E-state index contributed by atoms with van der Waals surface area (Å²) in [6.07, 6.45) is 0. The fraction of sp³-hybridized carbons (Fsp3) is 0.0182. The molecule has 254 valence electrons. The monoisotopic (exact) mass is 694 g/mol. The number of hydrogen-bond acceptors (Lipinski definition) is 0. The molecule has 0 aromatic heterocycles. The van der Waals surface area contributed by atoms with Crippen molar-refractivity contribution in [1.29, 1.82) is 0 Å². The lowest BCUT2D eigenvalue weighted by molar-refractivity contribution is 0.770. The van der Waals surface area contributed by atoms with E-state index in [1.165, 1.54) is 109 Å². The number of fused-ring (bicyclic) bond motifs is 5. The van der Waals surface area contributed by atoms with Crippen molar-refractivity contribution in [2.24, 2.45) is 0 Å². The Balaban J connectivity index is 1.27. The SMILES string of the molecule is c1ccc(C2(c3ccccc3)c3cc4ccccc4cc3-c3c(-c4ccc5ccccc5c4)cc(-c4ccc5ccc6cccc7ccc4c5c67)cc32)cc1. The predicted molar refractivity (Wildman–Crippen MR) is 233 cm³/mol. The van der Waals surface area contributed by atoms with Gasteiger partial charge in [0.25, 0.3) is 0 Å². The van der Waals surface area contributed by atoms with Gasteiger partial charge in [0.2, 0.25) is 0 Å². The van der Waals surface area contributed by atoms with Gasteiger partial charge in [-0.15, -0.1) is 0 Å². The molecule has 0 atom stereocenters. The average Bonchev–Trinajstić information content (AvgIpc) is 3.54. The van der Waals surface area contributed by atoms with E-state index in [2.05, 4.69) is 206 Å². The van der Waals surface area contributed by atoms with Crippen molar-refractivity contribution in [3.05, 3.63) is 229 Å². The van der Waals surface area contributed by atoms with E-state index < -0.39 is 5.41 Å². The third kappa shape index (κ3) is 4.28. The molecule has 0 amide bonds. The summed E-state index contributed by atoms with van der Waals surface area (Å²) in [5.74, 6) is 0. The van der Waals surface area contributed by atoms with Gasteiger partial charge in [-0.1, -0.05) is 176 Å². The number of benzene rings is 11. The lowest BCUT2D eigenvalue weighted by Crippen LogP contribution is -2.28. The van der Waals surface area contributed by atoms with Crippen molar-refractivity contribution in [2.45, 2.75) is 5.41 Å². The van der Waals surface area contributed by atoms with E-state index >= 15 is 0 Å². The average molecular weight is 695 g/mol. The molecule has 0 heteroatoms. The highest BCUT2D eigenvalue weighted by Crippen LogP contribution is 2.60. The minimum absolute atomic E-state index is 0.553. The summed E-state index contributed by atoms with van der Waals surface area (Å²) in [4.78, 5) is 0. The van der Waals surface area contributed by atoms with Crippen molar-refractivity contribution in [1.82, 2.24) is 0 Å². The van der Waals surface area contributed by atoms with Crippen LogP contribution >= 0.6 is 0 Å². The molecule has 0 saturated heterocycles. The van der Waals surface area contributed by atoms with Gasteiger partial charge in [0, 0.05) is 0 Å². The zero-order valence-electron chi connectivity index (χ0n) is 30.1. The van der Waals surface area contributed by atoms with Crippen molar-refractivity contribution >= 4 is 53.9 Å². The second-order valence-electron chi connectivity index (χ2n) is 15.2. The third-order valence-corrected chi connectivity index (χ3v) is 12.4. The molecule has 0 bridgehead atoms. The Hall–Kier alpha value is -7.02. The Kier molecular flexibility index (Phi) is 6.36. The fourth-order valence-corrected chi connectivity index (χ4v) is 10.0. The van der Waals surface area contributed by atoms with E-state index in [1.807, 2.05) is 0 Å². The second-order valence-corrected chi connectivity index (χ2v) is 15.2. The van der Waals surface area contributed by atoms with E-state index in [0.29, 0.717) is 0 Å². The Labute approximate surface area is 319 Å². The Morgan fingerprint density at radius 1 is 0.273 bits per heavy atom.